The van der Waals surface area contributed by atoms with Gasteiger partial charge >= 0.3 is 0 Å². The molecule has 3 aromatic rings. The molecule has 8 heteroatoms. The minimum atomic E-state index is 0.0751. The van der Waals surface area contributed by atoms with Gasteiger partial charge in [0.2, 0.25) is 5.91 Å². The van der Waals surface area contributed by atoms with Gasteiger partial charge in [0.05, 0.1) is 10.9 Å². The number of aromatic nitrogens is 2. The maximum atomic E-state index is 12.7. The third-order valence-corrected chi connectivity index (χ3v) is 7.93. The Balaban J connectivity index is 1.37. The molecular formula is C21H25N5OS2. The highest BCUT2D eigenvalue weighted by Gasteiger charge is 2.25. The number of hydrogen-bond acceptors (Lipinski definition) is 7. The molecule has 0 bridgehead atoms. The van der Waals surface area contributed by atoms with E-state index >= 15 is 0 Å². The van der Waals surface area contributed by atoms with E-state index in [1.165, 1.54) is 36.1 Å². The Morgan fingerprint density at radius 1 is 1.28 bits per heavy atom. The first-order valence-electron chi connectivity index (χ1n) is 10.4. The van der Waals surface area contributed by atoms with Crippen LogP contribution in [0, 0.1) is 0 Å². The summed E-state index contributed by atoms with van der Waals surface area (Å²) in [6.07, 6.45) is 10.2. The van der Waals surface area contributed by atoms with Crippen LogP contribution in [0.3, 0.4) is 0 Å². The van der Waals surface area contributed by atoms with Crippen molar-refractivity contribution in [2.24, 2.45) is 0 Å². The number of carbonyl (C=O) groups excluding carboxylic acids is 1. The molecule has 0 aromatic carbocycles. The normalized spacial score (nSPS) is 17.0. The van der Waals surface area contributed by atoms with E-state index in [2.05, 4.69) is 20.9 Å². The van der Waals surface area contributed by atoms with Crippen LogP contribution in [0.4, 0.5) is 5.00 Å². The van der Waals surface area contributed by atoms with Crippen LogP contribution >= 0.6 is 22.7 Å². The molecule has 0 unspecified atom stereocenters. The second kappa shape index (κ2) is 8.47. The van der Waals surface area contributed by atoms with Crippen molar-refractivity contribution in [3.8, 4) is 10.6 Å². The topological polar surface area (TPSA) is 78.9 Å². The van der Waals surface area contributed by atoms with Crippen molar-refractivity contribution in [2.45, 2.75) is 51.1 Å². The SMILES string of the molecule is O=C(CCNC1CCCC1)Nc1sc2c(c1-c1nc3cnccc3s1)CCNC2. The van der Waals surface area contributed by atoms with Crippen molar-refractivity contribution in [1.82, 2.24) is 20.6 Å². The fourth-order valence-corrected chi connectivity index (χ4v) is 6.56. The van der Waals surface area contributed by atoms with E-state index in [0.29, 0.717) is 12.5 Å². The molecular weight excluding hydrogens is 402 g/mol. The monoisotopic (exact) mass is 427 g/mol. The van der Waals surface area contributed by atoms with Crippen LogP contribution in [0.5, 0.6) is 0 Å². The summed E-state index contributed by atoms with van der Waals surface area (Å²) in [5, 5.41) is 12.1. The summed E-state index contributed by atoms with van der Waals surface area (Å²) in [5.41, 5.74) is 3.37. The Kier molecular flexibility index (Phi) is 5.59. The van der Waals surface area contributed by atoms with Crippen molar-refractivity contribution >= 4 is 43.8 Å². The highest BCUT2D eigenvalue weighted by molar-refractivity contribution is 7.22. The van der Waals surface area contributed by atoms with E-state index < -0.39 is 0 Å². The Morgan fingerprint density at radius 3 is 3.03 bits per heavy atom. The number of anilines is 1. The number of thiazole rings is 1. The maximum absolute atomic E-state index is 12.7. The predicted octanol–water partition coefficient (Wildman–Crippen LogP) is 3.93. The molecule has 0 spiro atoms. The first-order valence-corrected chi connectivity index (χ1v) is 12.0. The molecule has 1 aliphatic carbocycles. The van der Waals surface area contributed by atoms with Gasteiger partial charge in [-0.3, -0.25) is 9.78 Å². The fourth-order valence-electron chi connectivity index (χ4n) is 4.24. The Morgan fingerprint density at radius 2 is 2.17 bits per heavy atom. The molecule has 0 radical (unpaired) electrons. The van der Waals surface area contributed by atoms with Crippen LogP contribution in [0.1, 0.15) is 42.5 Å². The van der Waals surface area contributed by atoms with Crippen LogP contribution < -0.4 is 16.0 Å². The highest BCUT2D eigenvalue weighted by atomic mass is 32.1. The number of pyridine rings is 1. The number of nitrogens with zero attached hydrogens (tertiary/aromatic N) is 2. The van der Waals surface area contributed by atoms with Crippen molar-refractivity contribution in [3.05, 3.63) is 28.9 Å². The number of nitrogens with one attached hydrogen (secondary N) is 3. The summed E-state index contributed by atoms with van der Waals surface area (Å²) in [6.45, 7) is 2.56. The lowest BCUT2D eigenvalue weighted by molar-refractivity contribution is -0.116. The van der Waals surface area contributed by atoms with E-state index in [-0.39, 0.29) is 5.91 Å². The van der Waals surface area contributed by atoms with Crippen LogP contribution in [0.25, 0.3) is 20.8 Å². The molecule has 152 valence electrons. The summed E-state index contributed by atoms with van der Waals surface area (Å²) >= 11 is 3.37. The molecule has 6 nitrogen and oxygen atoms in total. The standard InChI is InChI=1S/C21H25N5OS2/c27-18(7-10-24-13-3-1-2-4-13)26-21-19(14-5-8-23-12-17(14)29-21)20-25-15-11-22-9-6-16(15)28-20/h6,9,11,13,23-24H,1-5,7-8,10,12H2,(H,26,27). The zero-order valence-corrected chi connectivity index (χ0v) is 17.9. The van der Waals surface area contributed by atoms with E-state index in [1.807, 2.05) is 12.3 Å². The molecule has 1 amide bonds. The van der Waals surface area contributed by atoms with Crippen LogP contribution in [-0.4, -0.2) is 35.0 Å². The molecule has 1 aliphatic heterocycles. The summed E-state index contributed by atoms with van der Waals surface area (Å²) in [6, 6.07) is 2.60. The Hall–Kier alpha value is -1.87. The van der Waals surface area contributed by atoms with E-state index in [0.717, 1.165) is 51.8 Å². The second-order valence-corrected chi connectivity index (χ2v) is 9.87. The molecule has 3 aromatic heterocycles. The van der Waals surface area contributed by atoms with Crippen LogP contribution in [0.2, 0.25) is 0 Å². The number of thiophene rings is 1. The van der Waals surface area contributed by atoms with Gasteiger partial charge in [0.15, 0.2) is 0 Å². The summed E-state index contributed by atoms with van der Waals surface area (Å²) in [5.74, 6) is 0.0751. The number of amides is 1. The number of fused-ring (bicyclic) bond motifs is 2. The third-order valence-electron chi connectivity index (χ3n) is 5.72. The minimum absolute atomic E-state index is 0.0751. The van der Waals surface area contributed by atoms with E-state index in [1.54, 1.807) is 28.9 Å². The van der Waals surface area contributed by atoms with Crippen molar-refractivity contribution in [3.63, 3.8) is 0 Å². The quantitative estimate of drug-likeness (QED) is 0.556. The average Bonchev–Trinajstić information content (AvgIpc) is 3.45. The Bertz CT molecular complexity index is 988. The second-order valence-electron chi connectivity index (χ2n) is 7.73. The molecule has 1 fully saturated rings. The van der Waals surface area contributed by atoms with Crippen molar-refractivity contribution in [1.29, 1.82) is 0 Å². The summed E-state index contributed by atoms with van der Waals surface area (Å²) in [4.78, 5) is 23.0. The van der Waals surface area contributed by atoms with Gasteiger partial charge < -0.3 is 16.0 Å². The van der Waals surface area contributed by atoms with Gasteiger partial charge in [-0.25, -0.2) is 4.98 Å². The molecule has 2 aliphatic rings. The van der Waals surface area contributed by atoms with Crippen LogP contribution in [-0.2, 0) is 17.8 Å². The van der Waals surface area contributed by atoms with Crippen molar-refractivity contribution < 1.29 is 4.79 Å². The third kappa shape index (κ3) is 4.07. The highest BCUT2D eigenvalue weighted by Crippen LogP contribution is 2.44. The van der Waals surface area contributed by atoms with Gasteiger partial charge in [-0.2, -0.15) is 0 Å². The lowest BCUT2D eigenvalue weighted by atomic mass is 10.0. The average molecular weight is 428 g/mol. The maximum Gasteiger partial charge on any atom is 0.226 e. The predicted molar refractivity (Wildman–Crippen MR) is 120 cm³/mol. The fraction of sp³-hybridized carbons (Fsp3) is 0.476. The van der Waals surface area contributed by atoms with Crippen LogP contribution in [0.15, 0.2) is 18.5 Å². The van der Waals surface area contributed by atoms with Gasteiger partial charge in [-0.05, 0) is 37.4 Å². The molecule has 1 saturated carbocycles. The number of hydrogen-bond donors (Lipinski definition) is 3. The zero-order chi connectivity index (χ0) is 19.6. The Labute approximate surface area is 178 Å². The molecule has 4 heterocycles. The lowest BCUT2D eigenvalue weighted by Gasteiger charge is -2.13. The first kappa shape index (κ1) is 19.1. The van der Waals surface area contributed by atoms with E-state index in [4.69, 9.17) is 4.98 Å². The minimum Gasteiger partial charge on any atom is -0.317 e. The number of rotatable bonds is 6. The molecule has 3 N–H and O–H groups in total. The largest absolute Gasteiger partial charge is 0.317 e. The molecule has 29 heavy (non-hydrogen) atoms. The van der Waals surface area contributed by atoms with Gasteiger partial charge in [0.25, 0.3) is 0 Å². The zero-order valence-electron chi connectivity index (χ0n) is 16.3. The van der Waals surface area contributed by atoms with Gasteiger partial charge in [-0.15, -0.1) is 22.7 Å². The summed E-state index contributed by atoms with van der Waals surface area (Å²) < 4.78 is 1.13. The lowest BCUT2D eigenvalue weighted by Crippen LogP contribution is -2.29. The van der Waals surface area contributed by atoms with Gasteiger partial charge in [0, 0.05) is 42.2 Å². The molecule has 0 atom stereocenters. The number of carbonyl (C=O) groups is 1. The van der Waals surface area contributed by atoms with Gasteiger partial charge in [-0.1, -0.05) is 12.8 Å². The summed E-state index contributed by atoms with van der Waals surface area (Å²) in [7, 11) is 0. The van der Waals surface area contributed by atoms with Gasteiger partial charge in [0.1, 0.15) is 15.5 Å². The molecule has 5 rings (SSSR count). The van der Waals surface area contributed by atoms with E-state index in [9.17, 15) is 4.79 Å². The smallest absolute Gasteiger partial charge is 0.226 e. The van der Waals surface area contributed by atoms with Crippen molar-refractivity contribution in [2.75, 3.05) is 18.4 Å². The molecule has 0 saturated heterocycles. The first-order chi connectivity index (χ1) is 14.3.